The second kappa shape index (κ2) is 9.69. The van der Waals surface area contributed by atoms with Gasteiger partial charge in [0.2, 0.25) is 11.8 Å². The van der Waals surface area contributed by atoms with Crippen molar-refractivity contribution in [1.29, 1.82) is 5.26 Å². The molecule has 0 aliphatic carbocycles. The maximum absolute atomic E-state index is 12.6. The van der Waals surface area contributed by atoms with Crippen molar-refractivity contribution in [2.24, 2.45) is 5.92 Å². The van der Waals surface area contributed by atoms with Crippen LogP contribution in [0.2, 0.25) is 0 Å². The van der Waals surface area contributed by atoms with Crippen molar-refractivity contribution in [2.75, 3.05) is 12.3 Å². The van der Waals surface area contributed by atoms with E-state index in [1.807, 2.05) is 25.1 Å². The fourth-order valence-electron chi connectivity index (χ4n) is 3.51. The second-order valence-corrected chi connectivity index (χ2v) is 8.74. The summed E-state index contributed by atoms with van der Waals surface area (Å²) in [5, 5.41) is 17.8. The topological polar surface area (TPSA) is 133 Å². The summed E-state index contributed by atoms with van der Waals surface area (Å²) >= 11 is 1.50. The third-order valence-electron chi connectivity index (χ3n) is 5.22. The van der Waals surface area contributed by atoms with E-state index in [9.17, 15) is 9.59 Å². The molecule has 5 N–H and O–H groups in total. The Morgan fingerprint density at radius 1 is 1.40 bits per heavy atom. The highest BCUT2D eigenvalue weighted by Crippen LogP contribution is 2.24. The zero-order valence-corrected chi connectivity index (χ0v) is 17.9. The molecule has 2 aromatic rings. The van der Waals surface area contributed by atoms with E-state index in [4.69, 9.17) is 11.0 Å². The van der Waals surface area contributed by atoms with Crippen molar-refractivity contribution < 1.29 is 9.59 Å². The fraction of sp³-hybridized carbons (Fsp3) is 0.429. The first-order valence-electron chi connectivity index (χ1n) is 9.88. The lowest BCUT2D eigenvalue weighted by molar-refractivity contribution is -0.129. The molecule has 1 aliphatic rings. The van der Waals surface area contributed by atoms with Gasteiger partial charge in [-0.05, 0) is 62.9 Å². The smallest absolute Gasteiger partial charge is 0.242 e. The van der Waals surface area contributed by atoms with Crippen molar-refractivity contribution in [2.45, 2.75) is 45.3 Å². The maximum atomic E-state index is 12.6. The summed E-state index contributed by atoms with van der Waals surface area (Å²) in [5.41, 5.74) is 7.29. The molecule has 1 aliphatic heterocycles. The van der Waals surface area contributed by atoms with Gasteiger partial charge in [0.25, 0.3) is 0 Å². The van der Waals surface area contributed by atoms with Crippen LogP contribution < -0.4 is 21.7 Å². The molecule has 0 saturated carbocycles. The lowest BCUT2D eigenvalue weighted by Gasteiger charge is -2.17. The van der Waals surface area contributed by atoms with Gasteiger partial charge in [-0.25, -0.2) is 4.98 Å². The normalized spacial score (nSPS) is 19.1. The summed E-state index contributed by atoms with van der Waals surface area (Å²) in [5.74, 6) is 0.345. The number of aromatic nitrogens is 1. The Labute approximate surface area is 179 Å². The molecule has 1 saturated heterocycles. The lowest BCUT2D eigenvalue weighted by Crippen LogP contribution is -2.50. The molecule has 8 nitrogen and oxygen atoms in total. The van der Waals surface area contributed by atoms with Gasteiger partial charge in [0.15, 0.2) is 0 Å². The van der Waals surface area contributed by atoms with E-state index in [1.54, 1.807) is 13.0 Å². The van der Waals surface area contributed by atoms with Gasteiger partial charge in [-0.15, -0.1) is 11.3 Å². The monoisotopic (exact) mass is 426 g/mol. The Balaban J connectivity index is 1.44. The van der Waals surface area contributed by atoms with Crippen molar-refractivity contribution in [1.82, 2.24) is 20.9 Å². The highest BCUT2D eigenvalue weighted by Gasteiger charge is 2.31. The van der Waals surface area contributed by atoms with Gasteiger partial charge in [-0.3, -0.25) is 9.59 Å². The molecule has 3 atom stereocenters. The number of carbonyl (C=O) groups excluding carboxylic acids is 2. The van der Waals surface area contributed by atoms with Crippen LogP contribution in [-0.2, 0) is 22.6 Å². The molecule has 1 unspecified atom stereocenters. The van der Waals surface area contributed by atoms with Crippen LogP contribution in [0.4, 0.5) is 5.82 Å². The van der Waals surface area contributed by atoms with Crippen LogP contribution >= 0.6 is 11.3 Å². The molecule has 158 valence electrons. The number of rotatable bonds is 7. The predicted octanol–water partition coefficient (Wildman–Crippen LogP) is 1.25. The minimum Gasteiger partial charge on any atom is -0.384 e. The van der Waals surface area contributed by atoms with Gasteiger partial charge in [-0.2, -0.15) is 5.26 Å². The zero-order valence-electron chi connectivity index (χ0n) is 17.1. The van der Waals surface area contributed by atoms with Crippen molar-refractivity contribution in [3.8, 4) is 6.07 Å². The summed E-state index contributed by atoms with van der Waals surface area (Å²) in [6.45, 7) is 4.57. The SMILES string of the molecule is Cc1nc(N)ccc1CNC(=O)C(C)NC(=O)[C@H]1C[C@H](Cc2ccc(C#N)s2)CN1. The molecule has 9 heteroatoms. The highest BCUT2D eigenvalue weighted by molar-refractivity contribution is 7.12. The highest BCUT2D eigenvalue weighted by atomic mass is 32.1. The number of hydrogen-bond acceptors (Lipinski definition) is 7. The average Bonchev–Trinajstić information content (AvgIpc) is 3.36. The van der Waals surface area contributed by atoms with Crippen LogP contribution in [0.3, 0.4) is 0 Å². The Morgan fingerprint density at radius 3 is 2.90 bits per heavy atom. The van der Waals surface area contributed by atoms with E-state index in [1.165, 1.54) is 11.3 Å². The van der Waals surface area contributed by atoms with Gasteiger partial charge in [0.1, 0.15) is 22.8 Å². The van der Waals surface area contributed by atoms with E-state index in [-0.39, 0.29) is 17.9 Å². The Hall–Kier alpha value is -2.96. The predicted molar refractivity (Wildman–Crippen MR) is 115 cm³/mol. The number of hydrogen-bond donors (Lipinski definition) is 4. The van der Waals surface area contributed by atoms with Crippen molar-refractivity contribution in [3.63, 3.8) is 0 Å². The number of amides is 2. The second-order valence-electron chi connectivity index (χ2n) is 7.57. The number of anilines is 1. The standard InChI is InChI=1S/C21H26N6O2S/c1-12-15(3-6-19(23)26-12)11-25-20(28)13(2)27-21(29)18-8-14(10-24-18)7-16-4-5-17(9-22)30-16/h3-6,13-14,18,24H,7-8,10-11H2,1-2H3,(H2,23,26)(H,25,28)(H,27,29)/t13?,14-,18+/m0/s1. The van der Waals surface area contributed by atoms with Gasteiger partial charge < -0.3 is 21.7 Å². The number of nitrogen functional groups attached to an aromatic ring is 1. The fourth-order valence-corrected chi connectivity index (χ4v) is 4.43. The van der Waals surface area contributed by atoms with Gasteiger partial charge in [-0.1, -0.05) is 6.07 Å². The Bertz CT molecular complexity index is 967. The molecule has 0 spiro atoms. The van der Waals surface area contributed by atoms with Crippen molar-refractivity contribution in [3.05, 3.63) is 45.3 Å². The average molecular weight is 427 g/mol. The number of nitriles is 1. The molecule has 30 heavy (non-hydrogen) atoms. The zero-order chi connectivity index (χ0) is 21.7. The van der Waals surface area contributed by atoms with E-state index in [0.717, 1.165) is 29.1 Å². The summed E-state index contributed by atoms with van der Waals surface area (Å²) < 4.78 is 0. The molecule has 3 heterocycles. The number of carbonyl (C=O) groups is 2. The van der Waals surface area contributed by atoms with Gasteiger partial charge >= 0.3 is 0 Å². The minimum atomic E-state index is -0.643. The van der Waals surface area contributed by atoms with Crippen LogP contribution in [0.15, 0.2) is 24.3 Å². The third kappa shape index (κ3) is 5.55. The van der Waals surface area contributed by atoms with E-state index < -0.39 is 6.04 Å². The number of nitrogens with two attached hydrogens (primary N) is 1. The van der Waals surface area contributed by atoms with E-state index in [0.29, 0.717) is 29.6 Å². The van der Waals surface area contributed by atoms with Crippen LogP contribution in [0.25, 0.3) is 0 Å². The molecular weight excluding hydrogens is 400 g/mol. The first-order chi connectivity index (χ1) is 14.4. The Morgan fingerprint density at radius 2 is 2.20 bits per heavy atom. The molecule has 0 bridgehead atoms. The largest absolute Gasteiger partial charge is 0.384 e. The number of pyridine rings is 1. The molecule has 3 rings (SSSR count). The van der Waals surface area contributed by atoms with Gasteiger partial charge in [0.05, 0.1) is 6.04 Å². The first kappa shape index (κ1) is 21.7. The molecular formula is C21H26N6O2S. The molecule has 1 fully saturated rings. The van der Waals surface area contributed by atoms with Gasteiger partial charge in [0, 0.05) is 17.1 Å². The third-order valence-corrected chi connectivity index (χ3v) is 6.23. The van der Waals surface area contributed by atoms with Crippen LogP contribution in [-0.4, -0.2) is 35.4 Å². The van der Waals surface area contributed by atoms with Crippen molar-refractivity contribution >= 4 is 29.0 Å². The Kier molecular flexibility index (Phi) is 7.03. The molecule has 0 radical (unpaired) electrons. The first-order valence-corrected chi connectivity index (χ1v) is 10.7. The number of thiophene rings is 1. The number of aryl methyl sites for hydroxylation is 1. The number of nitrogens with zero attached hydrogens (tertiary/aromatic N) is 2. The number of nitrogens with one attached hydrogen (secondary N) is 3. The maximum Gasteiger partial charge on any atom is 0.242 e. The van der Waals surface area contributed by atoms with Crippen LogP contribution in [0, 0.1) is 24.2 Å². The summed E-state index contributed by atoms with van der Waals surface area (Å²) in [6.07, 6.45) is 1.55. The summed E-state index contributed by atoms with van der Waals surface area (Å²) in [4.78, 5) is 31.0. The quantitative estimate of drug-likeness (QED) is 0.527. The van der Waals surface area contributed by atoms with Crippen LogP contribution in [0.5, 0.6) is 0 Å². The van der Waals surface area contributed by atoms with E-state index in [2.05, 4.69) is 27.0 Å². The molecule has 2 aromatic heterocycles. The molecule has 2 amide bonds. The minimum absolute atomic E-state index is 0.172. The summed E-state index contributed by atoms with van der Waals surface area (Å²) in [7, 11) is 0. The van der Waals surface area contributed by atoms with Crippen LogP contribution in [0.1, 0.15) is 34.4 Å². The molecule has 0 aromatic carbocycles. The summed E-state index contributed by atoms with van der Waals surface area (Å²) in [6, 6.07) is 8.52. The van der Waals surface area contributed by atoms with E-state index >= 15 is 0 Å². The lowest BCUT2D eigenvalue weighted by atomic mass is 10.0.